The highest BCUT2D eigenvalue weighted by molar-refractivity contribution is 9.10. The molecule has 0 aliphatic rings. The monoisotopic (exact) mass is 283 g/mol. The molecule has 0 unspecified atom stereocenters. The molecule has 3 nitrogen and oxygen atoms in total. The van der Waals surface area contributed by atoms with E-state index in [1.807, 2.05) is 23.7 Å². The van der Waals surface area contributed by atoms with Crippen LogP contribution in [-0.2, 0) is 13.5 Å². The lowest BCUT2D eigenvalue weighted by atomic mass is 10.1. The van der Waals surface area contributed by atoms with Crippen molar-refractivity contribution in [2.45, 2.75) is 6.42 Å². The SMILES string of the molecule is Cn1c(Cc2ccc(Br)cc2)n[nH]c1=S. The van der Waals surface area contributed by atoms with E-state index in [1.165, 1.54) is 5.56 Å². The van der Waals surface area contributed by atoms with Crippen LogP contribution in [0.5, 0.6) is 0 Å². The number of H-pyrrole nitrogens is 1. The maximum absolute atomic E-state index is 5.05. The van der Waals surface area contributed by atoms with Gasteiger partial charge in [0.05, 0.1) is 0 Å². The van der Waals surface area contributed by atoms with Gasteiger partial charge in [-0.25, -0.2) is 0 Å². The molecule has 1 heterocycles. The molecule has 2 aromatic rings. The summed E-state index contributed by atoms with van der Waals surface area (Å²) >= 11 is 8.45. The third-order valence-corrected chi connectivity index (χ3v) is 3.14. The van der Waals surface area contributed by atoms with Gasteiger partial charge in [-0.2, -0.15) is 5.10 Å². The molecule has 0 saturated carbocycles. The average molecular weight is 284 g/mol. The minimum absolute atomic E-state index is 0.655. The van der Waals surface area contributed by atoms with E-state index in [1.54, 1.807) is 0 Å². The first-order valence-electron chi connectivity index (χ1n) is 4.51. The molecular formula is C10H10BrN3S. The quantitative estimate of drug-likeness (QED) is 0.860. The van der Waals surface area contributed by atoms with Crippen molar-refractivity contribution in [3.05, 3.63) is 44.9 Å². The Balaban J connectivity index is 2.26. The Kier molecular flexibility index (Phi) is 3.02. The topological polar surface area (TPSA) is 33.6 Å². The first-order valence-corrected chi connectivity index (χ1v) is 5.71. The lowest BCUT2D eigenvalue weighted by molar-refractivity contribution is 0.813. The number of nitrogens with zero attached hydrogens (tertiary/aromatic N) is 2. The molecule has 1 aromatic carbocycles. The summed E-state index contributed by atoms with van der Waals surface area (Å²) in [5, 5.41) is 6.94. The Labute approximate surface area is 101 Å². The molecule has 1 N–H and O–H groups in total. The fraction of sp³-hybridized carbons (Fsp3) is 0.200. The van der Waals surface area contributed by atoms with E-state index in [0.717, 1.165) is 16.7 Å². The van der Waals surface area contributed by atoms with Gasteiger partial charge in [-0.05, 0) is 29.9 Å². The van der Waals surface area contributed by atoms with Crippen molar-refractivity contribution in [1.29, 1.82) is 0 Å². The summed E-state index contributed by atoms with van der Waals surface area (Å²) in [6, 6.07) is 8.19. The van der Waals surface area contributed by atoms with Crippen molar-refractivity contribution in [2.75, 3.05) is 0 Å². The summed E-state index contributed by atoms with van der Waals surface area (Å²) < 4.78 is 3.63. The van der Waals surface area contributed by atoms with E-state index in [2.05, 4.69) is 38.3 Å². The van der Waals surface area contributed by atoms with Gasteiger partial charge in [-0.15, -0.1) is 0 Å². The van der Waals surface area contributed by atoms with Crippen molar-refractivity contribution in [1.82, 2.24) is 14.8 Å². The molecule has 0 aliphatic heterocycles. The molecule has 0 amide bonds. The van der Waals surface area contributed by atoms with Crippen LogP contribution in [0.2, 0.25) is 0 Å². The maximum atomic E-state index is 5.05. The Morgan fingerprint density at radius 2 is 2.07 bits per heavy atom. The lowest BCUT2D eigenvalue weighted by Crippen LogP contribution is -1.98. The minimum atomic E-state index is 0.655. The van der Waals surface area contributed by atoms with Crippen LogP contribution in [0.3, 0.4) is 0 Å². The van der Waals surface area contributed by atoms with Gasteiger partial charge in [0.1, 0.15) is 5.82 Å². The normalized spacial score (nSPS) is 10.5. The molecule has 0 bridgehead atoms. The Morgan fingerprint density at radius 1 is 1.40 bits per heavy atom. The van der Waals surface area contributed by atoms with Gasteiger partial charge in [0.25, 0.3) is 0 Å². The second-order valence-corrected chi connectivity index (χ2v) is 4.61. The van der Waals surface area contributed by atoms with Crippen LogP contribution < -0.4 is 0 Å². The van der Waals surface area contributed by atoms with E-state index in [0.29, 0.717) is 4.77 Å². The van der Waals surface area contributed by atoms with E-state index < -0.39 is 0 Å². The van der Waals surface area contributed by atoms with Gasteiger partial charge in [-0.1, -0.05) is 28.1 Å². The Hall–Kier alpha value is -0.940. The van der Waals surface area contributed by atoms with Gasteiger partial charge < -0.3 is 4.57 Å². The molecule has 0 saturated heterocycles. The summed E-state index contributed by atoms with van der Waals surface area (Å²) in [4.78, 5) is 0. The fourth-order valence-corrected chi connectivity index (χ4v) is 1.74. The number of halogens is 1. The Morgan fingerprint density at radius 3 is 2.60 bits per heavy atom. The van der Waals surface area contributed by atoms with Crippen LogP contribution in [0, 0.1) is 4.77 Å². The molecule has 0 fully saturated rings. The minimum Gasteiger partial charge on any atom is -0.307 e. The summed E-state index contributed by atoms with van der Waals surface area (Å²) in [6.07, 6.45) is 0.789. The summed E-state index contributed by atoms with van der Waals surface area (Å²) in [5.74, 6) is 0.947. The molecule has 5 heteroatoms. The van der Waals surface area contributed by atoms with Crippen LogP contribution in [-0.4, -0.2) is 14.8 Å². The van der Waals surface area contributed by atoms with Crippen LogP contribution in [0.4, 0.5) is 0 Å². The van der Waals surface area contributed by atoms with Gasteiger partial charge >= 0.3 is 0 Å². The number of hydrogen-bond acceptors (Lipinski definition) is 2. The van der Waals surface area contributed by atoms with E-state index in [4.69, 9.17) is 12.2 Å². The second kappa shape index (κ2) is 4.28. The van der Waals surface area contributed by atoms with Crippen molar-refractivity contribution in [3.8, 4) is 0 Å². The van der Waals surface area contributed by atoms with Crippen LogP contribution in [0.25, 0.3) is 0 Å². The summed E-state index contributed by atoms with van der Waals surface area (Å²) in [5.41, 5.74) is 1.22. The maximum Gasteiger partial charge on any atom is 0.194 e. The van der Waals surface area contributed by atoms with Crippen LogP contribution >= 0.6 is 28.1 Å². The number of benzene rings is 1. The molecule has 78 valence electrons. The molecule has 2 rings (SSSR count). The number of rotatable bonds is 2. The first kappa shape index (κ1) is 10.6. The third-order valence-electron chi connectivity index (χ3n) is 2.25. The summed E-state index contributed by atoms with van der Waals surface area (Å²) in [6.45, 7) is 0. The molecule has 0 radical (unpaired) electrons. The third kappa shape index (κ3) is 2.35. The standard InChI is InChI=1S/C10H10BrN3S/c1-14-9(12-13-10(14)15)6-7-2-4-8(11)5-3-7/h2-5H,6H2,1H3,(H,13,15). The van der Waals surface area contributed by atoms with Gasteiger partial charge in [0.15, 0.2) is 4.77 Å². The van der Waals surface area contributed by atoms with Gasteiger partial charge in [0.2, 0.25) is 0 Å². The zero-order valence-electron chi connectivity index (χ0n) is 8.20. The Bertz CT molecular complexity index is 512. The highest BCUT2D eigenvalue weighted by Crippen LogP contribution is 2.12. The number of hydrogen-bond donors (Lipinski definition) is 1. The molecule has 15 heavy (non-hydrogen) atoms. The van der Waals surface area contributed by atoms with Crippen molar-refractivity contribution < 1.29 is 0 Å². The first-order chi connectivity index (χ1) is 7.16. The molecule has 0 atom stereocenters. The van der Waals surface area contributed by atoms with E-state index in [-0.39, 0.29) is 0 Å². The zero-order chi connectivity index (χ0) is 10.8. The molecular weight excluding hydrogens is 274 g/mol. The van der Waals surface area contributed by atoms with Crippen molar-refractivity contribution >= 4 is 28.1 Å². The van der Waals surface area contributed by atoms with Gasteiger partial charge in [0, 0.05) is 17.9 Å². The largest absolute Gasteiger partial charge is 0.307 e. The molecule has 1 aromatic heterocycles. The number of aromatic nitrogens is 3. The second-order valence-electron chi connectivity index (χ2n) is 3.31. The summed E-state index contributed by atoms with van der Waals surface area (Å²) in [7, 11) is 1.92. The molecule has 0 spiro atoms. The highest BCUT2D eigenvalue weighted by Gasteiger charge is 2.03. The smallest absolute Gasteiger partial charge is 0.194 e. The molecule has 0 aliphatic carbocycles. The van der Waals surface area contributed by atoms with Gasteiger partial charge in [-0.3, -0.25) is 5.10 Å². The van der Waals surface area contributed by atoms with E-state index >= 15 is 0 Å². The highest BCUT2D eigenvalue weighted by atomic mass is 79.9. The fourth-order valence-electron chi connectivity index (χ4n) is 1.32. The van der Waals surface area contributed by atoms with Crippen LogP contribution in [0.1, 0.15) is 11.4 Å². The number of aromatic amines is 1. The van der Waals surface area contributed by atoms with E-state index in [9.17, 15) is 0 Å². The lowest BCUT2D eigenvalue weighted by Gasteiger charge is -2.00. The predicted octanol–water partition coefficient (Wildman–Crippen LogP) is 2.83. The van der Waals surface area contributed by atoms with Crippen LogP contribution in [0.15, 0.2) is 28.7 Å². The van der Waals surface area contributed by atoms with Crippen molar-refractivity contribution in [2.24, 2.45) is 7.05 Å². The average Bonchev–Trinajstić information content (AvgIpc) is 2.53. The van der Waals surface area contributed by atoms with Crippen molar-refractivity contribution in [3.63, 3.8) is 0 Å². The zero-order valence-corrected chi connectivity index (χ0v) is 10.6. The predicted molar refractivity (Wildman–Crippen MR) is 65.3 cm³/mol. The number of nitrogens with one attached hydrogen (secondary N) is 1.